The molecule has 2 aliphatic rings. The van der Waals surface area contributed by atoms with Crippen molar-refractivity contribution in [3.63, 3.8) is 0 Å². The van der Waals surface area contributed by atoms with Crippen LogP contribution < -0.4 is 15.5 Å². The molecule has 5 rings (SSSR count). The Balaban J connectivity index is 1.33. The number of ether oxygens (including phenoxy) is 1. The van der Waals surface area contributed by atoms with Gasteiger partial charge in [0.15, 0.2) is 0 Å². The van der Waals surface area contributed by atoms with Gasteiger partial charge < -0.3 is 20.3 Å². The Labute approximate surface area is 173 Å². The summed E-state index contributed by atoms with van der Waals surface area (Å²) in [6.07, 6.45) is 1.79. The maximum absolute atomic E-state index is 12.5. The molecule has 0 bridgehead atoms. The summed E-state index contributed by atoms with van der Waals surface area (Å²) in [7, 11) is 0. The summed E-state index contributed by atoms with van der Waals surface area (Å²) in [6.45, 7) is 3.38. The van der Waals surface area contributed by atoms with Crippen LogP contribution in [0.2, 0.25) is 0 Å². The summed E-state index contributed by atoms with van der Waals surface area (Å²) < 4.78 is 5.41. The van der Waals surface area contributed by atoms with Gasteiger partial charge in [-0.3, -0.25) is 4.79 Å². The second-order valence-electron chi connectivity index (χ2n) is 7.04. The van der Waals surface area contributed by atoms with E-state index in [0.29, 0.717) is 5.57 Å². The molecule has 2 aliphatic heterocycles. The Bertz CT molecular complexity index is 1050. The third-order valence-corrected chi connectivity index (χ3v) is 6.15. The lowest BCUT2D eigenvalue weighted by atomic mass is 10.0. The Morgan fingerprint density at radius 2 is 1.90 bits per heavy atom. The first-order chi connectivity index (χ1) is 14.3. The second-order valence-corrected chi connectivity index (χ2v) is 7.99. The van der Waals surface area contributed by atoms with E-state index in [1.165, 1.54) is 10.6 Å². The van der Waals surface area contributed by atoms with E-state index in [4.69, 9.17) is 4.74 Å². The average molecular weight is 404 g/mol. The molecule has 2 aromatic carbocycles. The van der Waals surface area contributed by atoms with Crippen LogP contribution in [0.25, 0.3) is 16.0 Å². The third kappa shape index (κ3) is 3.64. The molecule has 29 heavy (non-hydrogen) atoms. The summed E-state index contributed by atoms with van der Waals surface area (Å²) >= 11 is 1.69. The van der Waals surface area contributed by atoms with Crippen LogP contribution in [0.15, 0.2) is 66.2 Å². The molecule has 0 spiro atoms. The minimum absolute atomic E-state index is 0.0826. The number of nitrogens with one attached hydrogen (secondary N) is 2. The number of fused-ring (bicyclic) bond motifs is 1. The quantitative estimate of drug-likeness (QED) is 0.623. The summed E-state index contributed by atoms with van der Waals surface area (Å²) in [5, 5.41) is 8.30. The molecule has 1 fully saturated rings. The molecule has 3 heterocycles. The lowest BCUT2D eigenvalue weighted by Crippen LogP contribution is -2.36. The van der Waals surface area contributed by atoms with E-state index in [1.807, 2.05) is 30.3 Å². The minimum Gasteiger partial charge on any atom is -0.378 e. The van der Waals surface area contributed by atoms with Gasteiger partial charge in [0, 0.05) is 46.8 Å². The van der Waals surface area contributed by atoms with Crippen LogP contribution in [0, 0.1) is 0 Å². The highest BCUT2D eigenvalue weighted by atomic mass is 32.1. The minimum atomic E-state index is -0.0826. The van der Waals surface area contributed by atoms with Gasteiger partial charge in [-0.25, -0.2) is 0 Å². The maximum atomic E-state index is 12.5. The lowest BCUT2D eigenvalue weighted by molar-refractivity contribution is -0.110. The van der Waals surface area contributed by atoms with Gasteiger partial charge in [-0.05, 0) is 47.3 Å². The molecule has 0 aliphatic carbocycles. The van der Waals surface area contributed by atoms with Gasteiger partial charge in [-0.15, -0.1) is 11.3 Å². The SMILES string of the molecule is O=C1Nc2cc(-c3cccs3)ccc2/C1=C\Nc1ccc(N2CCOCC2)cc1. The molecule has 0 atom stereocenters. The van der Waals surface area contributed by atoms with Crippen LogP contribution in [0.3, 0.4) is 0 Å². The first-order valence-electron chi connectivity index (χ1n) is 9.67. The molecule has 5 nitrogen and oxygen atoms in total. The highest BCUT2D eigenvalue weighted by Crippen LogP contribution is 2.36. The van der Waals surface area contributed by atoms with Crippen molar-refractivity contribution in [2.75, 3.05) is 41.8 Å². The lowest BCUT2D eigenvalue weighted by Gasteiger charge is -2.28. The van der Waals surface area contributed by atoms with E-state index in [9.17, 15) is 4.79 Å². The van der Waals surface area contributed by atoms with Crippen LogP contribution in [-0.2, 0) is 9.53 Å². The van der Waals surface area contributed by atoms with E-state index in [1.54, 1.807) is 17.5 Å². The van der Waals surface area contributed by atoms with Crippen LogP contribution in [0.5, 0.6) is 0 Å². The molecule has 146 valence electrons. The Kier molecular flexibility index (Phi) is 4.79. The molecular weight excluding hydrogens is 382 g/mol. The molecule has 3 aromatic rings. The van der Waals surface area contributed by atoms with Crippen molar-refractivity contribution in [2.24, 2.45) is 0 Å². The summed E-state index contributed by atoms with van der Waals surface area (Å²) in [4.78, 5) is 16.0. The number of morpholine rings is 1. The molecule has 0 saturated carbocycles. The predicted octanol–water partition coefficient (Wildman–Crippen LogP) is 4.66. The van der Waals surface area contributed by atoms with E-state index in [0.717, 1.165) is 48.8 Å². The average Bonchev–Trinajstić information content (AvgIpc) is 3.40. The standard InChI is InChI=1S/C23H21N3O2S/c27-23-20(19-8-3-16(14-21(19)25-23)22-2-1-13-29-22)15-24-17-4-6-18(7-5-17)26-9-11-28-12-10-26/h1-8,13-15,24H,9-12H2,(H,25,27)/b20-15+. The van der Waals surface area contributed by atoms with E-state index >= 15 is 0 Å². The van der Waals surface area contributed by atoms with Crippen LogP contribution in [-0.4, -0.2) is 32.2 Å². The van der Waals surface area contributed by atoms with E-state index < -0.39 is 0 Å². The zero-order valence-electron chi connectivity index (χ0n) is 15.9. The summed E-state index contributed by atoms with van der Waals surface area (Å²) in [5.41, 5.74) is 5.69. The van der Waals surface area contributed by atoms with Gasteiger partial charge >= 0.3 is 0 Å². The number of hydrogen-bond acceptors (Lipinski definition) is 5. The summed E-state index contributed by atoms with van der Waals surface area (Å²) in [6, 6.07) is 18.5. The van der Waals surface area contributed by atoms with Crippen molar-refractivity contribution in [1.82, 2.24) is 0 Å². The van der Waals surface area contributed by atoms with Gasteiger partial charge in [0.25, 0.3) is 5.91 Å². The second kappa shape index (κ2) is 7.73. The van der Waals surface area contributed by atoms with Crippen molar-refractivity contribution >= 4 is 39.9 Å². The number of carbonyl (C=O) groups is 1. The van der Waals surface area contributed by atoms with Crippen molar-refractivity contribution < 1.29 is 9.53 Å². The molecule has 0 radical (unpaired) electrons. The van der Waals surface area contributed by atoms with Gasteiger partial charge in [0.2, 0.25) is 0 Å². The molecule has 6 heteroatoms. The van der Waals surface area contributed by atoms with Crippen LogP contribution in [0.1, 0.15) is 5.56 Å². The fourth-order valence-corrected chi connectivity index (χ4v) is 4.40. The normalized spacial score (nSPS) is 17.3. The number of thiophene rings is 1. The van der Waals surface area contributed by atoms with Crippen molar-refractivity contribution in [1.29, 1.82) is 0 Å². The van der Waals surface area contributed by atoms with E-state index in [2.05, 4.69) is 45.2 Å². The Morgan fingerprint density at radius 3 is 2.66 bits per heavy atom. The number of hydrogen-bond donors (Lipinski definition) is 2. The fourth-order valence-electron chi connectivity index (χ4n) is 3.68. The van der Waals surface area contributed by atoms with Crippen LogP contribution in [0.4, 0.5) is 17.1 Å². The van der Waals surface area contributed by atoms with E-state index in [-0.39, 0.29) is 5.91 Å². The number of nitrogens with zero attached hydrogens (tertiary/aromatic N) is 1. The first kappa shape index (κ1) is 18.0. The number of amides is 1. The third-order valence-electron chi connectivity index (χ3n) is 5.23. The highest BCUT2D eigenvalue weighted by Gasteiger charge is 2.24. The molecule has 2 N–H and O–H groups in total. The maximum Gasteiger partial charge on any atom is 0.257 e. The van der Waals surface area contributed by atoms with Crippen molar-refractivity contribution in [3.8, 4) is 10.4 Å². The molecule has 1 amide bonds. The molecule has 1 aromatic heterocycles. The Hall–Kier alpha value is -3.09. The smallest absolute Gasteiger partial charge is 0.257 e. The monoisotopic (exact) mass is 403 g/mol. The number of anilines is 3. The predicted molar refractivity (Wildman–Crippen MR) is 119 cm³/mol. The van der Waals surface area contributed by atoms with Gasteiger partial charge in [-0.1, -0.05) is 18.2 Å². The number of carbonyl (C=O) groups excluding carboxylic acids is 1. The van der Waals surface area contributed by atoms with Gasteiger partial charge in [-0.2, -0.15) is 0 Å². The van der Waals surface area contributed by atoms with Gasteiger partial charge in [0.05, 0.1) is 18.8 Å². The topological polar surface area (TPSA) is 53.6 Å². The molecule has 1 saturated heterocycles. The van der Waals surface area contributed by atoms with Crippen molar-refractivity contribution in [2.45, 2.75) is 0 Å². The summed E-state index contributed by atoms with van der Waals surface area (Å²) in [5.74, 6) is -0.0826. The molecular formula is C23H21N3O2S. The number of rotatable bonds is 4. The van der Waals surface area contributed by atoms with Gasteiger partial charge in [0.1, 0.15) is 0 Å². The largest absolute Gasteiger partial charge is 0.378 e. The first-order valence-corrected chi connectivity index (χ1v) is 10.5. The number of benzene rings is 2. The Morgan fingerprint density at radius 1 is 1.07 bits per heavy atom. The fraction of sp³-hybridized carbons (Fsp3) is 0.174. The molecule has 0 unspecified atom stereocenters. The van der Waals surface area contributed by atoms with Crippen LogP contribution >= 0.6 is 11.3 Å². The zero-order chi connectivity index (χ0) is 19.6. The highest BCUT2D eigenvalue weighted by molar-refractivity contribution is 7.13. The zero-order valence-corrected chi connectivity index (χ0v) is 16.7. The van der Waals surface area contributed by atoms with Crippen molar-refractivity contribution in [3.05, 3.63) is 71.7 Å².